The first kappa shape index (κ1) is 14.4. The van der Waals surface area contributed by atoms with Crippen molar-refractivity contribution in [2.45, 2.75) is 30.9 Å². The van der Waals surface area contributed by atoms with Gasteiger partial charge in [-0.25, -0.2) is 13.4 Å². The summed E-state index contributed by atoms with van der Waals surface area (Å²) < 4.78 is 31.4. The molecule has 0 atom stereocenters. The molecule has 0 spiro atoms. The van der Waals surface area contributed by atoms with Gasteiger partial charge in [0.2, 0.25) is 0 Å². The Morgan fingerprint density at radius 2 is 2.21 bits per heavy atom. The van der Waals surface area contributed by atoms with E-state index >= 15 is 0 Å². The first-order valence-corrected chi connectivity index (χ1v) is 7.72. The number of aliphatic hydroxyl groups excluding tert-OH is 1. The smallest absolute Gasteiger partial charge is 0.260 e. The highest BCUT2D eigenvalue weighted by atomic mass is 32.2. The van der Waals surface area contributed by atoms with E-state index in [1.165, 1.54) is 10.5 Å². The van der Waals surface area contributed by atoms with E-state index in [-0.39, 0.29) is 17.7 Å². The fraction of sp³-hybridized carbons (Fsp3) is 0.727. The van der Waals surface area contributed by atoms with Crippen LogP contribution in [0.3, 0.4) is 0 Å². The minimum Gasteiger partial charge on any atom is -0.394 e. The van der Waals surface area contributed by atoms with E-state index in [1.807, 2.05) is 0 Å². The number of nitrogens with zero attached hydrogens (tertiary/aromatic N) is 2. The summed E-state index contributed by atoms with van der Waals surface area (Å²) in [5, 5.41) is 8.83. The summed E-state index contributed by atoms with van der Waals surface area (Å²) >= 11 is 0. The number of H-pyrrole nitrogens is 1. The third-order valence-electron chi connectivity index (χ3n) is 3.14. The van der Waals surface area contributed by atoms with Crippen LogP contribution in [0.25, 0.3) is 0 Å². The molecule has 2 N–H and O–H groups in total. The van der Waals surface area contributed by atoms with Crippen molar-refractivity contribution in [2.75, 3.05) is 26.3 Å². The number of hydrogen-bond donors (Lipinski definition) is 2. The Bertz CT molecular complexity index is 506. The first-order chi connectivity index (χ1) is 9.04. The lowest BCUT2D eigenvalue weighted by atomic mass is 10.1. The van der Waals surface area contributed by atoms with Crippen molar-refractivity contribution in [3.8, 4) is 0 Å². The SMILES string of the molecule is Cc1ncc(S(=O)(=O)N2CCC(OCCO)CC2)[nH]1. The molecule has 0 unspecified atom stereocenters. The molecule has 19 heavy (non-hydrogen) atoms. The monoisotopic (exact) mass is 289 g/mol. The van der Waals surface area contributed by atoms with Crippen molar-refractivity contribution in [2.24, 2.45) is 0 Å². The number of hydrogen-bond acceptors (Lipinski definition) is 5. The maximum Gasteiger partial charge on any atom is 0.260 e. The number of aliphatic hydroxyl groups is 1. The van der Waals surface area contributed by atoms with E-state index in [0.717, 1.165) is 0 Å². The zero-order valence-corrected chi connectivity index (χ0v) is 11.7. The number of imidazole rings is 1. The lowest BCUT2D eigenvalue weighted by molar-refractivity contribution is 0.00316. The Balaban J connectivity index is 1.97. The number of ether oxygens (including phenoxy) is 1. The van der Waals surface area contributed by atoms with E-state index in [0.29, 0.717) is 38.4 Å². The molecule has 0 bridgehead atoms. The molecular weight excluding hydrogens is 270 g/mol. The van der Waals surface area contributed by atoms with Gasteiger partial charge in [0.05, 0.1) is 25.5 Å². The molecule has 0 amide bonds. The van der Waals surface area contributed by atoms with Gasteiger partial charge in [0.15, 0.2) is 5.03 Å². The van der Waals surface area contributed by atoms with Gasteiger partial charge >= 0.3 is 0 Å². The van der Waals surface area contributed by atoms with Crippen LogP contribution in [-0.2, 0) is 14.8 Å². The normalized spacial score (nSPS) is 18.8. The molecule has 1 aliphatic rings. The lowest BCUT2D eigenvalue weighted by Crippen LogP contribution is -2.41. The molecule has 0 aliphatic carbocycles. The summed E-state index contributed by atoms with van der Waals surface area (Å²) in [6, 6.07) is 0. The second kappa shape index (κ2) is 6.00. The molecular formula is C11H19N3O4S. The Kier molecular flexibility index (Phi) is 4.56. The van der Waals surface area contributed by atoms with Gasteiger partial charge in [0, 0.05) is 13.1 Å². The van der Waals surface area contributed by atoms with Gasteiger partial charge in [-0.15, -0.1) is 0 Å². The van der Waals surface area contributed by atoms with Crippen LogP contribution in [0, 0.1) is 6.92 Å². The lowest BCUT2D eigenvalue weighted by Gasteiger charge is -2.30. The summed E-state index contributed by atoms with van der Waals surface area (Å²) in [5.41, 5.74) is 0. The van der Waals surface area contributed by atoms with E-state index in [1.54, 1.807) is 6.92 Å². The Morgan fingerprint density at radius 3 is 2.74 bits per heavy atom. The fourth-order valence-corrected chi connectivity index (χ4v) is 3.56. The van der Waals surface area contributed by atoms with Crippen LogP contribution < -0.4 is 0 Å². The number of aromatic amines is 1. The van der Waals surface area contributed by atoms with Crippen molar-refractivity contribution in [3.63, 3.8) is 0 Å². The van der Waals surface area contributed by atoms with E-state index in [9.17, 15) is 8.42 Å². The zero-order chi connectivity index (χ0) is 13.9. The largest absolute Gasteiger partial charge is 0.394 e. The van der Waals surface area contributed by atoms with Crippen molar-refractivity contribution in [1.82, 2.24) is 14.3 Å². The number of aryl methyl sites for hydroxylation is 1. The standard InChI is InChI=1S/C11H19N3O4S/c1-9-12-8-11(13-9)19(16,17)14-4-2-10(3-5-14)18-7-6-15/h8,10,15H,2-7H2,1H3,(H,12,13). The summed E-state index contributed by atoms with van der Waals surface area (Å²) in [6.45, 7) is 2.87. The van der Waals surface area contributed by atoms with Gasteiger partial charge in [-0.3, -0.25) is 0 Å². The maximum absolute atomic E-state index is 12.3. The predicted octanol–water partition coefficient (Wildman–Crippen LogP) is -0.120. The summed E-state index contributed by atoms with van der Waals surface area (Å²) in [5.74, 6) is 0.583. The minimum atomic E-state index is -3.47. The van der Waals surface area contributed by atoms with Gasteiger partial charge in [-0.2, -0.15) is 4.31 Å². The van der Waals surface area contributed by atoms with Gasteiger partial charge in [-0.1, -0.05) is 0 Å². The molecule has 1 saturated heterocycles. The van der Waals surface area contributed by atoms with Gasteiger partial charge in [0.1, 0.15) is 5.82 Å². The molecule has 7 nitrogen and oxygen atoms in total. The highest BCUT2D eigenvalue weighted by molar-refractivity contribution is 7.89. The molecule has 1 aliphatic heterocycles. The van der Waals surface area contributed by atoms with Crippen molar-refractivity contribution in [1.29, 1.82) is 0 Å². The van der Waals surface area contributed by atoms with Crippen LogP contribution >= 0.6 is 0 Å². The van der Waals surface area contributed by atoms with Gasteiger partial charge in [-0.05, 0) is 19.8 Å². The molecule has 0 saturated carbocycles. The number of sulfonamides is 1. The minimum absolute atomic E-state index is 0.00800. The van der Waals surface area contributed by atoms with Crippen molar-refractivity contribution in [3.05, 3.63) is 12.0 Å². The van der Waals surface area contributed by atoms with E-state index < -0.39 is 10.0 Å². The summed E-state index contributed by atoms with van der Waals surface area (Å²) in [7, 11) is -3.47. The zero-order valence-electron chi connectivity index (χ0n) is 10.9. The van der Waals surface area contributed by atoms with Crippen LogP contribution in [-0.4, -0.2) is 60.2 Å². The molecule has 8 heteroatoms. The fourth-order valence-electron chi connectivity index (χ4n) is 2.13. The van der Waals surface area contributed by atoms with Crippen molar-refractivity contribution >= 4 is 10.0 Å². The summed E-state index contributed by atoms with van der Waals surface area (Å²) in [4.78, 5) is 6.67. The second-order valence-electron chi connectivity index (χ2n) is 4.53. The third-order valence-corrected chi connectivity index (χ3v) is 4.95. The average Bonchev–Trinajstić information content (AvgIpc) is 2.84. The molecule has 1 fully saturated rings. The Labute approximate surface area is 112 Å². The van der Waals surface area contributed by atoms with Gasteiger partial charge in [0.25, 0.3) is 10.0 Å². The maximum atomic E-state index is 12.3. The Hall–Kier alpha value is -0.960. The quantitative estimate of drug-likeness (QED) is 0.788. The number of aromatic nitrogens is 2. The van der Waals surface area contributed by atoms with Crippen LogP contribution in [0.15, 0.2) is 11.2 Å². The van der Waals surface area contributed by atoms with Crippen LogP contribution in [0.1, 0.15) is 18.7 Å². The number of rotatable bonds is 5. The topological polar surface area (TPSA) is 95.5 Å². The molecule has 2 rings (SSSR count). The van der Waals surface area contributed by atoms with E-state index in [2.05, 4.69) is 9.97 Å². The van der Waals surface area contributed by atoms with Crippen LogP contribution in [0.2, 0.25) is 0 Å². The Morgan fingerprint density at radius 1 is 1.53 bits per heavy atom. The molecule has 2 heterocycles. The first-order valence-electron chi connectivity index (χ1n) is 6.28. The van der Waals surface area contributed by atoms with Gasteiger partial charge < -0.3 is 14.8 Å². The summed E-state index contributed by atoms with van der Waals surface area (Å²) in [6.07, 6.45) is 2.67. The molecule has 1 aromatic rings. The molecule has 1 aromatic heterocycles. The highest BCUT2D eigenvalue weighted by Gasteiger charge is 2.30. The highest BCUT2D eigenvalue weighted by Crippen LogP contribution is 2.20. The number of piperidine rings is 1. The average molecular weight is 289 g/mol. The molecule has 108 valence electrons. The molecule has 0 radical (unpaired) electrons. The third kappa shape index (κ3) is 3.33. The second-order valence-corrected chi connectivity index (χ2v) is 6.44. The number of nitrogens with one attached hydrogen (secondary N) is 1. The molecule has 0 aromatic carbocycles. The van der Waals surface area contributed by atoms with E-state index in [4.69, 9.17) is 9.84 Å². The predicted molar refractivity (Wildman–Crippen MR) is 68.1 cm³/mol. The van der Waals surface area contributed by atoms with Crippen LogP contribution in [0.4, 0.5) is 0 Å². The van der Waals surface area contributed by atoms with Crippen molar-refractivity contribution < 1.29 is 18.3 Å². The van der Waals surface area contributed by atoms with Crippen LogP contribution in [0.5, 0.6) is 0 Å².